The summed E-state index contributed by atoms with van der Waals surface area (Å²) in [4.78, 5) is 14.9. The molecule has 3 heterocycles. The van der Waals surface area contributed by atoms with Crippen LogP contribution in [-0.4, -0.2) is 42.1 Å². The molecule has 2 aromatic rings. The second kappa shape index (κ2) is 4.74. The third-order valence-corrected chi connectivity index (χ3v) is 4.55. The number of hydrogen-bond donors (Lipinski definition) is 2. The van der Waals surface area contributed by atoms with Crippen LogP contribution in [0.3, 0.4) is 0 Å². The number of H-pyrrole nitrogens is 1. The zero-order valence-electron chi connectivity index (χ0n) is 12.7. The van der Waals surface area contributed by atoms with Gasteiger partial charge in [0.2, 0.25) is 0 Å². The molecule has 1 unspecified atom stereocenters. The Morgan fingerprint density at radius 1 is 1.25 bits per heavy atom. The lowest BCUT2D eigenvalue weighted by molar-refractivity contribution is 0.320. The first kappa shape index (κ1) is 13.4. The van der Waals surface area contributed by atoms with Gasteiger partial charge in [-0.15, -0.1) is 0 Å². The summed E-state index contributed by atoms with van der Waals surface area (Å²) in [6, 6.07) is 4.10. The number of imidazole rings is 1. The Hall–Kier alpha value is -1.62. The summed E-state index contributed by atoms with van der Waals surface area (Å²) >= 11 is 0. The van der Waals surface area contributed by atoms with Gasteiger partial charge in [-0.1, -0.05) is 13.8 Å². The Labute approximate surface area is 119 Å². The highest BCUT2D eigenvalue weighted by Gasteiger charge is 2.41. The summed E-state index contributed by atoms with van der Waals surface area (Å²) in [5, 5.41) is 3.48. The number of hydrogen-bond acceptors (Lipinski definition) is 4. The summed E-state index contributed by atoms with van der Waals surface area (Å²) in [6.07, 6.45) is 1.13. The third-order valence-electron chi connectivity index (χ3n) is 4.55. The molecule has 5 nitrogen and oxygen atoms in total. The number of rotatable bonds is 3. The van der Waals surface area contributed by atoms with Crippen LogP contribution in [0.5, 0.6) is 0 Å². The molecule has 0 spiro atoms. The minimum Gasteiger partial charge on any atom is -0.363 e. The highest BCUT2D eigenvalue weighted by molar-refractivity contribution is 5.73. The topological polar surface area (TPSA) is 56.8 Å². The van der Waals surface area contributed by atoms with Gasteiger partial charge in [0.1, 0.15) is 11.6 Å². The number of anilines is 1. The van der Waals surface area contributed by atoms with Gasteiger partial charge in [-0.2, -0.15) is 0 Å². The highest BCUT2D eigenvalue weighted by Crippen LogP contribution is 2.37. The van der Waals surface area contributed by atoms with Crippen molar-refractivity contribution in [3.63, 3.8) is 0 Å². The van der Waals surface area contributed by atoms with E-state index in [4.69, 9.17) is 4.98 Å². The van der Waals surface area contributed by atoms with E-state index >= 15 is 0 Å². The zero-order valence-corrected chi connectivity index (χ0v) is 12.7. The normalized spacial score (nSPS) is 22.9. The number of nitrogens with one attached hydrogen (secondary N) is 2. The summed E-state index contributed by atoms with van der Waals surface area (Å²) in [6.45, 7) is 6.61. The molecule has 1 aliphatic rings. The first-order valence-electron chi connectivity index (χ1n) is 7.28. The van der Waals surface area contributed by atoms with Gasteiger partial charge in [-0.05, 0) is 31.0 Å². The Balaban J connectivity index is 2.08. The Morgan fingerprint density at radius 2 is 2.05 bits per heavy atom. The first-order chi connectivity index (χ1) is 9.53. The Kier molecular flexibility index (Phi) is 3.17. The van der Waals surface area contributed by atoms with Crippen molar-refractivity contribution in [1.29, 1.82) is 0 Å². The maximum Gasteiger partial charge on any atom is 0.179 e. The number of pyridine rings is 1. The molecule has 108 valence electrons. The maximum absolute atomic E-state index is 4.80. The van der Waals surface area contributed by atoms with Crippen molar-refractivity contribution >= 4 is 17.0 Å². The first-order valence-corrected chi connectivity index (χ1v) is 7.28. The molecule has 0 bridgehead atoms. The average Bonchev–Trinajstić information content (AvgIpc) is 3.05. The summed E-state index contributed by atoms with van der Waals surface area (Å²) in [5.74, 6) is 2.57. The van der Waals surface area contributed by atoms with Crippen LogP contribution in [0.1, 0.15) is 26.1 Å². The van der Waals surface area contributed by atoms with Gasteiger partial charge in [0.25, 0.3) is 0 Å². The Morgan fingerprint density at radius 3 is 2.65 bits per heavy atom. The molecule has 0 aliphatic carbocycles. The second-order valence-corrected chi connectivity index (χ2v) is 6.26. The summed E-state index contributed by atoms with van der Waals surface area (Å²) < 4.78 is 0. The van der Waals surface area contributed by atoms with E-state index in [9.17, 15) is 0 Å². The molecule has 1 atom stereocenters. The van der Waals surface area contributed by atoms with E-state index in [2.05, 4.69) is 35.2 Å². The molecular weight excluding hydrogens is 250 g/mol. The number of fused-ring (bicyclic) bond motifs is 1. The minimum atomic E-state index is 0.110. The molecular formula is C15H23N5. The van der Waals surface area contributed by atoms with Gasteiger partial charge in [-0.25, -0.2) is 9.97 Å². The van der Waals surface area contributed by atoms with Gasteiger partial charge in [-0.3, -0.25) is 0 Å². The van der Waals surface area contributed by atoms with E-state index in [1.165, 1.54) is 0 Å². The number of aromatic nitrogens is 3. The Bertz CT molecular complexity index is 608. The molecule has 0 aromatic carbocycles. The van der Waals surface area contributed by atoms with Crippen LogP contribution in [0, 0.1) is 5.92 Å². The molecule has 1 saturated heterocycles. The summed E-state index contributed by atoms with van der Waals surface area (Å²) in [5.41, 5.74) is 1.95. The van der Waals surface area contributed by atoms with Crippen LogP contribution in [-0.2, 0) is 5.41 Å². The van der Waals surface area contributed by atoms with Crippen LogP contribution >= 0.6 is 0 Å². The van der Waals surface area contributed by atoms with E-state index in [0.717, 1.165) is 42.3 Å². The monoisotopic (exact) mass is 273 g/mol. The number of aromatic amines is 1. The van der Waals surface area contributed by atoms with Gasteiger partial charge < -0.3 is 15.2 Å². The fraction of sp³-hybridized carbons (Fsp3) is 0.600. The van der Waals surface area contributed by atoms with Crippen LogP contribution in [0.25, 0.3) is 11.2 Å². The van der Waals surface area contributed by atoms with Crippen molar-refractivity contribution < 1.29 is 0 Å². The number of nitrogens with zero attached hydrogens (tertiary/aromatic N) is 3. The molecule has 0 radical (unpaired) electrons. The van der Waals surface area contributed by atoms with E-state index < -0.39 is 0 Å². The fourth-order valence-corrected chi connectivity index (χ4v) is 3.05. The standard InChI is InChI=1S/C15H23N5/c1-10(2)15(7-8-16-9-15)14-17-11-5-6-12(20(3)4)18-13(11)19-14/h5-6,10,16H,7-9H2,1-4H3,(H,17,18,19). The molecule has 1 aliphatic heterocycles. The SMILES string of the molecule is CC(C)C1(c2nc3nc(N(C)C)ccc3[nH]2)CCNC1. The van der Waals surface area contributed by atoms with Gasteiger partial charge >= 0.3 is 0 Å². The van der Waals surface area contributed by atoms with Crippen LogP contribution < -0.4 is 10.2 Å². The predicted molar refractivity (Wildman–Crippen MR) is 82.2 cm³/mol. The van der Waals surface area contributed by atoms with Crippen molar-refractivity contribution in [3.05, 3.63) is 18.0 Å². The molecule has 1 fully saturated rings. The zero-order chi connectivity index (χ0) is 14.3. The summed E-state index contributed by atoms with van der Waals surface area (Å²) in [7, 11) is 4.00. The lowest BCUT2D eigenvalue weighted by Crippen LogP contribution is -2.35. The molecule has 20 heavy (non-hydrogen) atoms. The van der Waals surface area contributed by atoms with E-state index in [1.54, 1.807) is 0 Å². The van der Waals surface area contributed by atoms with Crippen molar-refractivity contribution in [2.45, 2.75) is 25.7 Å². The lowest BCUT2D eigenvalue weighted by atomic mass is 9.76. The fourth-order valence-electron chi connectivity index (χ4n) is 3.05. The third kappa shape index (κ3) is 1.97. The van der Waals surface area contributed by atoms with Crippen LogP contribution in [0.4, 0.5) is 5.82 Å². The van der Waals surface area contributed by atoms with E-state index in [0.29, 0.717) is 5.92 Å². The van der Waals surface area contributed by atoms with Crippen LogP contribution in [0.15, 0.2) is 12.1 Å². The van der Waals surface area contributed by atoms with Crippen LogP contribution in [0.2, 0.25) is 0 Å². The van der Waals surface area contributed by atoms with Gasteiger partial charge in [0, 0.05) is 26.1 Å². The molecule has 0 saturated carbocycles. The van der Waals surface area contributed by atoms with Crippen molar-refractivity contribution in [2.75, 3.05) is 32.1 Å². The molecule has 3 rings (SSSR count). The minimum absolute atomic E-state index is 0.110. The maximum atomic E-state index is 4.80. The smallest absolute Gasteiger partial charge is 0.179 e. The average molecular weight is 273 g/mol. The van der Waals surface area contributed by atoms with Gasteiger partial charge in [0.15, 0.2) is 5.65 Å². The molecule has 2 aromatic heterocycles. The van der Waals surface area contributed by atoms with E-state index in [1.807, 2.05) is 25.1 Å². The van der Waals surface area contributed by atoms with Crippen molar-refractivity contribution in [3.8, 4) is 0 Å². The predicted octanol–water partition coefficient (Wildman–Crippen LogP) is 1.91. The second-order valence-electron chi connectivity index (χ2n) is 6.26. The van der Waals surface area contributed by atoms with Crippen molar-refractivity contribution in [1.82, 2.24) is 20.3 Å². The van der Waals surface area contributed by atoms with Gasteiger partial charge in [0.05, 0.1) is 5.52 Å². The molecule has 5 heteroatoms. The lowest BCUT2D eigenvalue weighted by Gasteiger charge is -2.30. The molecule has 0 amide bonds. The highest BCUT2D eigenvalue weighted by atomic mass is 15.2. The largest absolute Gasteiger partial charge is 0.363 e. The quantitative estimate of drug-likeness (QED) is 0.897. The molecule has 2 N–H and O–H groups in total. The van der Waals surface area contributed by atoms with Crippen molar-refractivity contribution in [2.24, 2.45) is 5.92 Å². The van der Waals surface area contributed by atoms with E-state index in [-0.39, 0.29) is 5.41 Å².